The van der Waals surface area contributed by atoms with Crippen molar-refractivity contribution in [3.63, 3.8) is 0 Å². The van der Waals surface area contributed by atoms with Gasteiger partial charge in [-0.1, -0.05) is 23.7 Å². The van der Waals surface area contributed by atoms with Gasteiger partial charge in [0, 0.05) is 35.9 Å². The van der Waals surface area contributed by atoms with E-state index in [9.17, 15) is 9.59 Å². The molecular formula is C17H16ClN3O2. The lowest BCUT2D eigenvalue weighted by atomic mass is 10.1. The second kappa shape index (κ2) is 6.71. The highest BCUT2D eigenvalue weighted by atomic mass is 35.5. The maximum Gasteiger partial charge on any atom is 0.321 e. The van der Waals surface area contributed by atoms with E-state index in [1.165, 1.54) is 0 Å². The van der Waals surface area contributed by atoms with Crippen LogP contribution in [-0.2, 0) is 6.54 Å². The summed E-state index contributed by atoms with van der Waals surface area (Å²) in [5.41, 5.74) is 2.32. The minimum Gasteiger partial charge on any atom is -0.348 e. The molecule has 0 atom stereocenters. The normalized spacial score (nSPS) is 13.8. The Balaban J connectivity index is 1.61. The first-order valence-electron chi connectivity index (χ1n) is 7.31. The van der Waals surface area contributed by atoms with Gasteiger partial charge in [-0.2, -0.15) is 0 Å². The highest BCUT2D eigenvalue weighted by Crippen LogP contribution is 2.17. The molecule has 0 unspecified atom stereocenters. The Bertz CT molecular complexity index is 714. The highest BCUT2D eigenvalue weighted by Gasteiger charge is 2.21. The number of nitrogens with one attached hydrogen (secondary N) is 2. The molecule has 0 aromatic heterocycles. The van der Waals surface area contributed by atoms with E-state index in [-0.39, 0.29) is 11.9 Å². The molecule has 2 N–H and O–H groups in total. The van der Waals surface area contributed by atoms with Crippen molar-refractivity contribution in [2.45, 2.75) is 6.54 Å². The first kappa shape index (κ1) is 15.4. The fourth-order valence-corrected chi connectivity index (χ4v) is 2.52. The first-order chi connectivity index (χ1) is 11.1. The fourth-order valence-electron chi connectivity index (χ4n) is 2.40. The molecule has 0 radical (unpaired) electrons. The lowest BCUT2D eigenvalue weighted by molar-refractivity contribution is 0.0951. The average molecular weight is 330 g/mol. The van der Waals surface area contributed by atoms with Crippen molar-refractivity contribution in [3.05, 3.63) is 64.7 Å². The van der Waals surface area contributed by atoms with Crippen molar-refractivity contribution in [1.82, 2.24) is 10.6 Å². The van der Waals surface area contributed by atoms with Crippen LogP contribution in [0, 0.1) is 0 Å². The van der Waals surface area contributed by atoms with Gasteiger partial charge in [0.1, 0.15) is 0 Å². The SMILES string of the molecule is O=C(NCc1ccc(Cl)cc1)c1ccc(N2CCNC2=O)cc1. The molecule has 0 spiro atoms. The molecule has 2 aromatic carbocycles. The van der Waals surface area contributed by atoms with Crippen LogP contribution in [0.25, 0.3) is 0 Å². The molecule has 118 valence electrons. The van der Waals surface area contributed by atoms with Gasteiger partial charge in [-0.3, -0.25) is 9.69 Å². The zero-order valence-corrected chi connectivity index (χ0v) is 13.1. The van der Waals surface area contributed by atoms with E-state index in [2.05, 4.69) is 10.6 Å². The third-order valence-electron chi connectivity index (χ3n) is 3.66. The molecule has 5 nitrogen and oxygen atoms in total. The van der Waals surface area contributed by atoms with Gasteiger partial charge in [-0.15, -0.1) is 0 Å². The molecule has 1 fully saturated rings. The van der Waals surface area contributed by atoms with E-state index in [0.717, 1.165) is 11.3 Å². The third-order valence-corrected chi connectivity index (χ3v) is 3.92. The van der Waals surface area contributed by atoms with Gasteiger partial charge < -0.3 is 10.6 Å². The third kappa shape index (κ3) is 3.63. The van der Waals surface area contributed by atoms with Gasteiger partial charge in [-0.05, 0) is 42.0 Å². The molecular weight excluding hydrogens is 314 g/mol. The van der Waals surface area contributed by atoms with E-state index in [0.29, 0.717) is 30.2 Å². The number of hydrogen-bond acceptors (Lipinski definition) is 2. The fraction of sp³-hybridized carbons (Fsp3) is 0.176. The van der Waals surface area contributed by atoms with Gasteiger partial charge in [0.05, 0.1) is 0 Å². The lowest BCUT2D eigenvalue weighted by Gasteiger charge is -2.14. The molecule has 3 rings (SSSR count). The topological polar surface area (TPSA) is 61.4 Å². The number of nitrogens with zero attached hydrogens (tertiary/aromatic N) is 1. The molecule has 2 aromatic rings. The molecule has 1 aliphatic heterocycles. The number of rotatable bonds is 4. The number of anilines is 1. The predicted molar refractivity (Wildman–Crippen MR) is 89.8 cm³/mol. The second-order valence-corrected chi connectivity index (χ2v) is 5.68. The number of halogens is 1. The molecule has 1 aliphatic rings. The van der Waals surface area contributed by atoms with E-state index >= 15 is 0 Å². The van der Waals surface area contributed by atoms with E-state index in [1.807, 2.05) is 12.1 Å². The van der Waals surface area contributed by atoms with Crippen molar-refractivity contribution < 1.29 is 9.59 Å². The zero-order chi connectivity index (χ0) is 16.2. The smallest absolute Gasteiger partial charge is 0.321 e. The zero-order valence-electron chi connectivity index (χ0n) is 12.4. The van der Waals surface area contributed by atoms with Crippen LogP contribution in [0.2, 0.25) is 5.02 Å². The Morgan fingerprint density at radius 3 is 2.43 bits per heavy atom. The van der Waals surface area contributed by atoms with Crippen LogP contribution in [0.5, 0.6) is 0 Å². The minimum absolute atomic E-state index is 0.107. The van der Waals surface area contributed by atoms with Crippen molar-refractivity contribution in [3.8, 4) is 0 Å². The van der Waals surface area contributed by atoms with E-state index in [4.69, 9.17) is 11.6 Å². The van der Waals surface area contributed by atoms with Gasteiger partial charge in [0.25, 0.3) is 5.91 Å². The molecule has 0 saturated carbocycles. The van der Waals surface area contributed by atoms with Crippen molar-refractivity contribution >= 4 is 29.2 Å². The second-order valence-electron chi connectivity index (χ2n) is 5.24. The van der Waals surface area contributed by atoms with Crippen molar-refractivity contribution in [2.24, 2.45) is 0 Å². The van der Waals surface area contributed by atoms with E-state index in [1.54, 1.807) is 41.3 Å². The number of hydrogen-bond donors (Lipinski definition) is 2. The van der Waals surface area contributed by atoms with Crippen molar-refractivity contribution in [2.75, 3.05) is 18.0 Å². The number of amides is 3. The molecule has 23 heavy (non-hydrogen) atoms. The Kier molecular flexibility index (Phi) is 4.48. The van der Waals surface area contributed by atoms with Crippen LogP contribution >= 0.6 is 11.6 Å². The summed E-state index contributed by atoms with van der Waals surface area (Å²) in [7, 11) is 0. The number of benzene rings is 2. The molecule has 1 saturated heterocycles. The standard InChI is InChI=1S/C17H16ClN3O2/c18-14-5-1-12(2-6-14)11-20-16(22)13-3-7-15(8-4-13)21-10-9-19-17(21)23/h1-8H,9-11H2,(H,19,23)(H,20,22). The number of carbonyl (C=O) groups is 2. The lowest BCUT2D eigenvalue weighted by Crippen LogP contribution is -2.27. The molecule has 0 bridgehead atoms. The maximum absolute atomic E-state index is 12.2. The molecule has 3 amide bonds. The largest absolute Gasteiger partial charge is 0.348 e. The Morgan fingerprint density at radius 1 is 1.13 bits per heavy atom. The predicted octanol–water partition coefficient (Wildman–Crippen LogP) is 2.80. The summed E-state index contributed by atoms with van der Waals surface area (Å²) in [6.45, 7) is 1.72. The summed E-state index contributed by atoms with van der Waals surface area (Å²) in [5, 5.41) is 6.27. The number of urea groups is 1. The van der Waals surface area contributed by atoms with Crippen LogP contribution in [0.15, 0.2) is 48.5 Å². The van der Waals surface area contributed by atoms with Crippen LogP contribution in [-0.4, -0.2) is 25.0 Å². The Labute approximate surface area is 139 Å². The summed E-state index contributed by atoms with van der Waals surface area (Å²) in [4.78, 5) is 25.4. The highest BCUT2D eigenvalue weighted by molar-refractivity contribution is 6.30. The van der Waals surface area contributed by atoms with Crippen LogP contribution in [0.3, 0.4) is 0 Å². The Hall–Kier alpha value is -2.53. The van der Waals surface area contributed by atoms with Gasteiger partial charge in [-0.25, -0.2) is 4.79 Å². The Morgan fingerprint density at radius 2 is 1.83 bits per heavy atom. The summed E-state index contributed by atoms with van der Waals surface area (Å²) in [6, 6.07) is 14.2. The van der Waals surface area contributed by atoms with Gasteiger partial charge in [0.15, 0.2) is 0 Å². The average Bonchev–Trinajstić information content (AvgIpc) is 3.00. The quantitative estimate of drug-likeness (QED) is 0.906. The van der Waals surface area contributed by atoms with Gasteiger partial charge in [0.2, 0.25) is 0 Å². The van der Waals surface area contributed by atoms with Gasteiger partial charge >= 0.3 is 6.03 Å². The summed E-state index contributed by atoms with van der Waals surface area (Å²) in [6.07, 6.45) is 0. The maximum atomic E-state index is 12.2. The number of carbonyl (C=O) groups excluding carboxylic acids is 2. The van der Waals surface area contributed by atoms with E-state index < -0.39 is 0 Å². The van der Waals surface area contributed by atoms with Crippen LogP contribution in [0.4, 0.5) is 10.5 Å². The van der Waals surface area contributed by atoms with Crippen LogP contribution < -0.4 is 15.5 Å². The molecule has 0 aliphatic carbocycles. The summed E-state index contributed by atoms with van der Waals surface area (Å²) in [5.74, 6) is -0.155. The monoisotopic (exact) mass is 329 g/mol. The minimum atomic E-state index is -0.155. The molecule has 1 heterocycles. The molecule has 6 heteroatoms. The summed E-state index contributed by atoms with van der Waals surface area (Å²) >= 11 is 5.83. The summed E-state index contributed by atoms with van der Waals surface area (Å²) < 4.78 is 0. The van der Waals surface area contributed by atoms with Crippen molar-refractivity contribution in [1.29, 1.82) is 0 Å². The first-order valence-corrected chi connectivity index (χ1v) is 7.69. The van der Waals surface area contributed by atoms with Crippen LogP contribution in [0.1, 0.15) is 15.9 Å².